The maximum Gasteiger partial charge on any atom is 0.134 e. The predicted molar refractivity (Wildman–Crippen MR) is 79.4 cm³/mol. The lowest BCUT2D eigenvalue weighted by Gasteiger charge is -2.26. The number of morpholine rings is 1. The molecule has 1 aliphatic heterocycles. The normalized spacial score (nSPS) is 16.7. The monoisotopic (exact) mass is 328 g/mol. The summed E-state index contributed by atoms with van der Waals surface area (Å²) >= 11 is 3.32. The van der Waals surface area contributed by atoms with E-state index in [2.05, 4.69) is 26.1 Å². The van der Waals surface area contributed by atoms with Gasteiger partial charge in [-0.25, -0.2) is 0 Å². The van der Waals surface area contributed by atoms with Crippen LogP contribution in [0.2, 0.25) is 0 Å². The number of halogens is 1. The van der Waals surface area contributed by atoms with Crippen molar-refractivity contribution in [2.24, 2.45) is 0 Å². The smallest absolute Gasteiger partial charge is 0.134 e. The minimum absolute atomic E-state index is 0.336. The third-order valence-corrected chi connectivity index (χ3v) is 3.96. The molecule has 0 saturated carbocycles. The van der Waals surface area contributed by atoms with E-state index in [-0.39, 0.29) is 0 Å². The van der Waals surface area contributed by atoms with Crippen LogP contribution in [0.5, 0.6) is 5.75 Å². The maximum absolute atomic E-state index is 9.85. The standard InChI is InChI=1S/C14H21BrN2O2/c15-13-4-1-3-12(14(13)18)11-16-5-2-6-17-7-9-19-10-8-17/h1,3-4,16,18H,2,5-11H2. The number of nitrogens with zero attached hydrogens (tertiary/aromatic N) is 1. The Hall–Kier alpha value is -0.620. The summed E-state index contributed by atoms with van der Waals surface area (Å²) in [6.45, 7) is 6.59. The van der Waals surface area contributed by atoms with Gasteiger partial charge in [0.2, 0.25) is 0 Å². The van der Waals surface area contributed by atoms with Crippen molar-refractivity contribution in [1.82, 2.24) is 10.2 Å². The second-order valence-corrected chi connectivity index (χ2v) is 5.59. The van der Waals surface area contributed by atoms with Gasteiger partial charge in [0, 0.05) is 25.2 Å². The van der Waals surface area contributed by atoms with Crippen LogP contribution < -0.4 is 5.32 Å². The van der Waals surface area contributed by atoms with Crippen LogP contribution in [0.15, 0.2) is 22.7 Å². The van der Waals surface area contributed by atoms with Crippen molar-refractivity contribution >= 4 is 15.9 Å². The summed E-state index contributed by atoms with van der Waals surface area (Å²) in [5, 5.41) is 13.2. The van der Waals surface area contributed by atoms with Crippen LogP contribution in [0.3, 0.4) is 0 Å². The third-order valence-electron chi connectivity index (χ3n) is 3.32. The van der Waals surface area contributed by atoms with Crippen LogP contribution in [0.25, 0.3) is 0 Å². The molecule has 1 fully saturated rings. The lowest BCUT2D eigenvalue weighted by molar-refractivity contribution is 0.0374. The molecule has 0 aromatic heterocycles. The summed E-state index contributed by atoms with van der Waals surface area (Å²) < 4.78 is 6.07. The quantitative estimate of drug-likeness (QED) is 0.784. The molecule has 0 bridgehead atoms. The zero-order chi connectivity index (χ0) is 13.5. The second kappa shape index (κ2) is 7.85. The molecule has 2 N–H and O–H groups in total. The summed E-state index contributed by atoms with van der Waals surface area (Å²) in [6.07, 6.45) is 1.12. The Morgan fingerprint density at radius 3 is 2.89 bits per heavy atom. The summed E-state index contributed by atoms with van der Waals surface area (Å²) in [5.74, 6) is 0.336. The molecular formula is C14H21BrN2O2. The highest BCUT2D eigenvalue weighted by molar-refractivity contribution is 9.10. The average Bonchev–Trinajstić information content (AvgIpc) is 2.44. The first-order valence-corrected chi connectivity index (χ1v) is 7.54. The summed E-state index contributed by atoms with van der Waals surface area (Å²) in [6, 6.07) is 5.72. The Kier molecular flexibility index (Phi) is 6.10. The number of hydrogen-bond acceptors (Lipinski definition) is 4. The average molecular weight is 329 g/mol. The molecule has 1 aliphatic rings. The second-order valence-electron chi connectivity index (χ2n) is 4.73. The van der Waals surface area contributed by atoms with E-state index >= 15 is 0 Å². The topological polar surface area (TPSA) is 44.7 Å². The van der Waals surface area contributed by atoms with Crippen LogP contribution in [0, 0.1) is 0 Å². The fourth-order valence-corrected chi connectivity index (χ4v) is 2.59. The van der Waals surface area contributed by atoms with Gasteiger partial charge < -0.3 is 15.2 Å². The zero-order valence-corrected chi connectivity index (χ0v) is 12.7. The first kappa shape index (κ1) is 14.8. The molecule has 1 saturated heterocycles. The van der Waals surface area contributed by atoms with Gasteiger partial charge in [0.25, 0.3) is 0 Å². The fraction of sp³-hybridized carbons (Fsp3) is 0.571. The van der Waals surface area contributed by atoms with Crippen LogP contribution in [0.4, 0.5) is 0 Å². The lowest BCUT2D eigenvalue weighted by Crippen LogP contribution is -2.37. The predicted octanol–water partition coefficient (Wildman–Crippen LogP) is 1.97. The minimum Gasteiger partial charge on any atom is -0.506 e. The van der Waals surface area contributed by atoms with Gasteiger partial charge in [-0.2, -0.15) is 0 Å². The number of ether oxygens (including phenoxy) is 1. The zero-order valence-electron chi connectivity index (χ0n) is 11.1. The summed E-state index contributed by atoms with van der Waals surface area (Å²) in [7, 11) is 0. The van der Waals surface area contributed by atoms with Crippen molar-refractivity contribution in [3.63, 3.8) is 0 Å². The molecule has 2 rings (SSSR count). The molecule has 106 valence electrons. The van der Waals surface area contributed by atoms with E-state index in [0.29, 0.717) is 12.3 Å². The van der Waals surface area contributed by atoms with E-state index < -0.39 is 0 Å². The Bertz CT molecular complexity index is 395. The first-order chi connectivity index (χ1) is 9.27. The summed E-state index contributed by atoms with van der Waals surface area (Å²) in [4.78, 5) is 2.43. The van der Waals surface area contributed by atoms with E-state index in [1.54, 1.807) is 0 Å². The number of phenols is 1. The SMILES string of the molecule is Oc1c(Br)cccc1CNCCCN1CCOCC1. The fourth-order valence-electron chi connectivity index (χ4n) is 2.18. The molecule has 19 heavy (non-hydrogen) atoms. The van der Waals surface area contributed by atoms with Crippen molar-refractivity contribution in [1.29, 1.82) is 0 Å². The molecule has 0 amide bonds. The first-order valence-electron chi connectivity index (χ1n) is 6.74. The highest BCUT2D eigenvalue weighted by atomic mass is 79.9. The molecule has 0 radical (unpaired) electrons. The maximum atomic E-state index is 9.85. The van der Waals surface area contributed by atoms with Gasteiger partial charge in [-0.05, 0) is 41.5 Å². The molecule has 0 atom stereocenters. The summed E-state index contributed by atoms with van der Waals surface area (Å²) in [5.41, 5.74) is 0.931. The van der Waals surface area contributed by atoms with Crippen LogP contribution in [-0.4, -0.2) is 49.4 Å². The highest BCUT2D eigenvalue weighted by Gasteiger charge is 2.09. The minimum atomic E-state index is 0.336. The van der Waals surface area contributed by atoms with E-state index in [4.69, 9.17) is 4.74 Å². The number of benzene rings is 1. The van der Waals surface area contributed by atoms with Gasteiger partial charge in [-0.3, -0.25) is 4.90 Å². The number of hydrogen-bond donors (Lipinski definition) is 2. The number of nitrogens with one attached hydrogen (secondary N) is 1. The Labute approximate surface area is 122 Å². The molecule has 1 aromatic carbocycles. The third kappa shape index (κ3) is 4.76. The Morgan fingerprint density at radius 1 is 1.32 bits per heavy atom. The number of phenolic OH excluding ortho intramolecular Hbond substituents is 1. The van der Waals surface area contributed by atoms with E-state index in [1.165, 1.54) is 0 Å². The molecule has 4 nitrogen and oxygen atoms in total. The van der Waals surface area contributed by atoms with Crippen molar-refractivity contribution < 1.29 is 9.84 Å². The molecule has 1 aromatic rings. The van der Waals surface area contributed by atoms with Gasteiger partial charge in [-0.1, -0.05) is 12.1 Å². The highest BCUT2D eigenvalue weighted by Crippen LogP contribution is 2.27. The van der Waals surface area contributed by atoms with Crippen LogP contribution in [0.1, 0.15) is 12.0 Å². The number of rotatable bonds is 6. The van der Waals surface area contributed by atoms with Crippen molar-refractivity contribution in [2.75, 3.05) is 39.4 Å². The molecule has 0 aliphatic carbocycles. The van der Waals surface area contributed by atoms with Crippen LogP contribution in [-0.2, 0) is 11.3 Å². The van der Waals surface area contributed by atoms with Crippen molar-refractivity contribution in [2.45, 2.75) is 13.0 Å². The van der Waals surface area contributed by atoms with E-state index in [1.807, 2.05) is 18.2 Å². The van der Waals surface area contributed by atoms with Crippen LogP contribution >= 0.6 is 15.9 Å². The van der Waals surface area contributed by atoms with Crippen molar-refractivity contribution in [3.8, 4) is 5.75 Å². The van der Waals surface area contributed by atoms with Gasteiger partial charge in [0.05, 0.1) is 17.7 Å². The van der Waals surface area contributed by atoms with Gasteiger partial charge in [0.15, 0.2) is 0 Å². The molecular weight excluding hydrogens is 308 g/mol. The number of para-hydroxylation sites is 1. The Morgan fingerprint density at radius 2 is 2.11 bits per heavy atom. The van der Waals surface area contributed by atoms with E-state index in [9.17, 15) is 5.11 Å². The molecule has 1 heterocycles. The van der Waals surface area contributed by atoms with E-state index in [0.717, 1.165) is 55.8 Å². The van der Waals surface area contributed by atoms with Gasteiger partial charge in [0.1, 0.15) is 5.75 Å². The lowest BCUT2D eigenvalue weighted by atomic mass is 10.2. The van der Waals surface area contributed by atoms with Gasteiger partial charge in [-0.15, -0.1) is 0 Å². The largest absolute Gasteiger partial charge is 0.506 e. The molecule has 0 unspecified atom stereocenters. The molecule has 0 spiro atoms. The molecule has 5 heteroatoms. The van der Waals surface area contributed by atoms with Crippen molar-refractivity contribution in [3.05, 3.63) is 28.2 Å². The number of aromatic hydroxyl groups is 1. The Balaban J connectivity index is 1.62. The van der Waals surface area contributed by atoms with Gasteiger partial charge >= 0.3 is 0 Å².